The average Bonchev–Trinajstić information content (AvgIpc) is 3.42. The maximum absolute atomic E-state index is 14.9. The van der Waals surface area contributed by atoms with Gasteiger partial charge in [0.05, 0.1) is 31.3 Å². The van der Waals surface area contributed by atoms with Gasteiger partial charge in [0.1, 0.15) is 11.9 Å². The standard InChI is InChI=1S/C24H24FN3O4/c1-16(29)27-13-21-14-28(24(30)32-21)20-6-7-22(23(25)10-20)19-4-2-17(3-5-19)11-26-12-18-8-9-31-15-18/h2-10,15,21,26H,11-14H2,1H3,(H,27,29)/t21-/m0/s1. The number of carbonyl (C=O) groups excluding carboxylic acids is 2. The van der Waals surface area contributed by atoms with Gasteiger partial charge >= 0.3 is 6.09 Å². The van der Waals surface area contributed by atoms with E-state index >= 15 is 0 Å². The number of rotatable bonds is 8. The molecule has 0 radical (unpaired) electrons. The van der Waals surface area contributed by atoms with Gasteiger partial charge in [-0.2, -0.15) is 0 Å². The Bertz CT molecular complexity index is 1080. The number of nitrogens with zero attached hydrogens (tertiary/aromatic N) is 1. The zero-order valence-electron chi connectivity index (χ0n) is 17.6. The van der Waals surface area contributed by atoms with E-state index in [0.717, 1.165) is 16.7 Å². The highest BCUT2D eigenvalue weighted by Crippen LogP contribution is 2.29. The fraction of sp³-hybridized carbons (Fsp3) is 0.250. The van der Waals surface area contributed by atoms with Crippen LogP contribution in [0.15, 0.2) is 65.5 Å². The van der Waals surface area contributed by atoms with Crippen molar-refractivity contribution in [3.05, 3.63) is 78.0 Å². The molecule has 1 saturated heterocycles. The van der Waals surface area contributed by atoms with Crippen LogP contribution >= 0.6 is 0 Å². The maximum atomic E-state index is 14.9. The minimum absolute atomic E-state index is 0.199. The van der Waals surface area contributed by atoms with Crippen LogP contribution < -0.4 is 15.5 Å². The molecular formula is C24H24FN3O4. The molecule has 2 amide bonds. The summed E-state index contributed by atoms with van der Waals surface area (Å²) in [6.45, 7) is 3.26. The lowest BCUT2D eigenvalue weighted by molar-refractivity contribution is -0.119. The third-order valence-corrected chi connectivity index (χ3v) is 5.22. The summed E-state index contributed by atoms with van der Waals surface area (Å²) in [6.07, 6.45) is 2.32. The Morgan fingerprint density at radius 2 is 1.91 bits per heavy atom. The Kier molecular flexibility index (Phi) is 6.51. The molecule has 0 saturated carbocycles. The predicted molar refractivity (Wildman–Crippen MR) is 117 cm³/mol. The number of furan rings is 1. The van der Waals surface area contributed by atoms with E-state index < -0.39 is 18.0 Å². The third-order valence-electron chi connectivity index (χ3n) is 5.22. The van der Waals surface area contributed by atoms with Crippen molar-refractivity contribution in [2.75, 3.05) is 18.0 Å². The van der Waals surface area contributed by atoms with Crippen LogP contribution in [0.25, 0.3) is 11.1 Å². The lowest BCUT2D eigenvalue weighted by Crippen LogP contribution is -2.33. The molecule has 1 fully saturated rings. The monoisotopic (exact) mass is 437 g/mol. The number of hydrogen-bond acceptors (Lipinski definition) is 5. The van der Waals surface area contributed by atoms with Gasteiger partial charge in [-0.15, -0.1) is 0 Å². The van der Waals surface area contributed by atoms with Gasteiger partial charge in [0.15, 0.2) is 0 Å². The first-order valence-electron chi connectivity index (χ1n) is 10.3. The molecule has 0 spiro atoms. The number of benzene rings is 2. The van der Waals surface area contributed by atoms with Gasteiger partial charge < -0.3 is 19.8 Å². The minimum Gasteiger partial charge on any atom is -0.472 e. The van der Waals surface area contributed by atoms with Crippen LogP contribution in [0.3, 0.4) is 0 Å². The summed E-state index contributed by atoms with van der Waals surface area (Å²) in [6, 6.07) is 14.3. The summed E-state index contributed by atoms with van der Waals surface area (Å²) in [5.41, 5.74) is 3.78. The summed E-state index contributed by atoms with van der Waals surface area (Å²) in [5.74, 6) is -0.624. The lowest BCUT2D eigenvalue weighted by Gasteiger charge is -2.15. The SMILES string of the molecule is CC(=O)NC[C@H]1CN(c2ccc(-c3ccc(CNCc4ccoc4)cc3)c(F)c2)C(=O)O1. The van der Waals surface area contributed by atoms with Crippen molar-refractivity contribution in [3.63, 3.8) is 0 Å². The molecule has 0 aliphatic carbocycles. The van der Waals surface area contributed by atoms with Crippen molar-refractivity contribution >= 4 is 17.7 Å². The topological polar surface area (TPSA) is 83.8 Å². The highest BCUT2D eigenvalue weighted by Gasteiger charge is 2.32. The van der Waals surface area contributed by atoms with E-state index in [1.54, 1.807) is 24.7 Å². The molecule has 0 unspecified atom stereocenters. The van der Waals surface area contributed by atoms with Crippen LogP contribution in [0, 0.1) is 5.82 Å². The van der Waals surface area contributed by atoms with Gasteiger partial charge in [0.25, 0.3) is 0 Å². The molecule has 32 heavy (non-hydrogen) atoms. The largest absolute Gasteiger partial charge is 0.472 e. The zero-order chi connectivity index (χ0) is 22.5. The van der Waals surface area contributed by atoms with Gasteiger partial charge in [-0.05, 0) is 35.4 Å². The Labute approximate surface area is 185 Å². The summed E-state index contributed by atoms with van der Waals surface area (Å²) >= 11 is 0. The molecular weight excluding hydrogens is 413 g/mol. The van der Waals surface area contributed by atoms with Crippen molar-refractivity contribution in [1.29, 1.82) is 0 Å². The number of ether oxygens (including phenoxy) is 1. The Morgan fingerprint density at radius 1 is 1.12 bits per heavy atom. The van der Waals surface area contributed by atoms with Crippen molar-refractivity contribution in [1.82, 2.24) is 10.6 Å². The summed E-state index contributed by atoms with van der Waals surface area (Å²) < 4.78 is 25.2. The van der Waals surface area contributed by atoms with Crippen molar-refractivity contribution in [3.8, 4) is 11.1 Å². The molecule has 166 valence electrons. The first-order chi connectivity index (χ1) is 15.5. The molecule has 1 aliphatic heterocycles. The fourth-order valence-corrected chi connectivity index (χ4v) is 3.55. The van der Waals surface area contributed by atoms with E-state index in [0.29, 0.717) is 24.3 Å². The zero-order valence-corrected chi connectivity index (χ0v) is 17.6. The predicted octanol–water partition coefficient (Wildman–Crippen LogP) is 3.84. The lowest BCUT2D eigenvalue weighted by atomic mass is 10.0. The van der Waals surface area contributed by atoms with Crippen LogP contribution in [-0.2, 0) is 22.6 Å². The van der Waals surface area contributed by atoms with E-state index in [4.69, 9.17) is 9.15 Å². The van der Waals surface area contributed by atoms with E-state index in [1.165, 1.54) is 17.9 Å². The number of cyclic esters (lactones) is 1. The van der Waals surface area contributed by atoms with E-state index in [1.807, 2.05) is 30.3 Å². The summed E-state index contributed by atoms with van der Waals surface area (Å²) in [7, 11) is 0. The Hall–Kier alpha value is -3.65. The summed E-state index contributed by atoms with van der Waals surface area (Å²) in [5, 5.41) is 5.95. The average molecular weight is 437 g/mol. The molecule has 0 bridgehead atoms. The second-order valence-corrected chi connectivity index (χ2v) is 7.65. The molecule has 1 atom stereocenters. The molecule has 4 rings (SSSR count). The smallest absolute Gasteiger partial charge is 0.414 e. The van der Waals surface area contributed by atoms with Crippen LogP contribution in [0.1, 0.15) is 18.1 Å². The minimum atomic E-state index is -0.556. The van der Waals surface area contributed by atoms with Gasteiger partial charge in [0.2, 0.25) is 5.91 Å². The van der Waals surface area contributed by atoms with E-state index in [2.05, 4.69) is 10.6 Å². The van der Waals surface area contributed by atoms with Gasteiger partial charge in [0, 0.05) is 31.1 Å². The molecule has 8 heteroatoms. The van der Waals surface area contributed by atoms with Gasteiger partial charge in [-0.3, -0.25) is 9.69 Å². The number of halogens is 1. The van der Waals surface area contributed by atoms with Gasteiger partial charge in [-0.25, -0.2) is 9.18 Å². The Balaban J connectivity index is 1.38. The van der Waals surface area contributed by atoms with Crippen molar-refractivity contribution < 1.29 is 23.1 Å². The normalized spacial score (nSPS) is 15.6. The quantitative estimate of drug-likeness (QED) is 0.560. The van der Waals surface area contributed by atoms with Crippen LogP contribution in [0.5, 0.6) is 0 Å². The number of amides is 2. The second kappa shape index (κ2) is 9.65. The number of hydrogen-bond donors (Lipinski definition) is 2. The second-order valence-electron chi connectivity index (χ2n) is 7.65. The molecule has 7 nitrogen and oxygen atoms in total. The maximum Gasteiger partial charge on any atom is 0.414 e. The molecule has 1 aliphatic rings. The molecule has 1 aromatic heterocycles. The Morgan fingerprint density at radius 3 is 2.59 bits per heavy atom. The third kappa shape index (κ3) is 5.15. The van der Waals surface area contributed by atoms with E-state index in [9.17, 15) is 14.0 Å². The van der Waals surface area contributed by atoms with Crippen molar-refractivity contribution in [2.45, 2.75) is 26.1 Å². The number of nitrogens with one attached hydrogen (secondary N) is 2. The molecule has 2 N–H and O–H groups in total. The highest BCUT2D eigenvalue weighted by atomic mass is 19.1. The highest BCUT2D eigenvalue weighted by molar-refractivity contribution is 5.90. The first kappa shape index (κ1) is 21.6. The summed E-state index contributed by atoms with van der Waals surface area (Å²) in [4.78, 5) is 24.6. The molecule has 2 aromatic carbocycles. The van der Waals surface area contributed by atoms with E-state index in [-0.39, 0.29) is 19.0 Å². The number of anilines is 1. The van der Waals surface area contributed by atoms with Crippen LogP contribution in [-0.4, -0.2) is 31.2 Å². The first-order valence-corrected chi connectivity index (χ1v) is 10.3. The molecule has 2 heterocycles. The number of carbonyl (C=O) groups is 2. The van der Waals surface area contributed by atoms with Crippen LogP contribution in [0.4, 0.5) is 14.9 Å². The van der Waals surface area contributed by atoms with Crippen LogP contribution in [0.2, 0.25) is 0 Å². The van der Waals surface area contributed by atoms with Crippen molar-refractivity contribution in [2.24, 2.45) is 0 Å². The fourth-order valence-electron chi connectivity index (χ4n) is 3.55. The van der Waals surface area contributed by atoms with Gasteiger partial charge in [-0.1, -0.05) is 24.3 Å². The molecule has 3 aromatic rings.